The maximum Gasteiger partial charge on any atom is 0.318 e. The molecule has 0 saturated carbocycles. The number of aromatic hydroxyl groups is 1. The van der Waals surface area contributed by atoms with E-state index in [9.17, 15) is 5.11 Å². The molecule has 8 heteroatoms. The number of nitrogens with two attached hydrogens (primary N) is 1. The quantitative estimate of drug-likeness (QED) is 0.645. The highest BCUT2D eigenvalue weighted by atomic mass is 16.5. The lowest BCUT2D eigenvalue weighted by Gasteiger charge is -2.37. The van der Waals surface area contributed by atoms with Crippen molar-refractivity contribution in [1.82, 2.24) is 19.8 Å². The topological polar surface area (TPSA) is 91.0 Å². The van der Waals surface area contributed by atoms with Gasteiger partial charge in [-0.3, -0.25) is 4.90 Å². The van der Waals surface area contributed by atoms with E-state index in [4.69, 9.17) is 15.5 Å². The zero-order valence-corrected chi connectivity index (χ0v) is 18.7. The minimum Gasteiger partial charge on any atom is -0.508 e. The van der Waals surface area contributed by atoms with E-state index < -0.39 is 0 Å². The van der Waals surface area contributed by atoms with Crippen molar-refractivity contribution >= 4 is 22.3 Å². The first kappa shape index (κ1) is 20.8. The molecule has 3 N–H and O–H groups in total. The zero-order valence-electron chi connectivity index (χ0n) is 18.7. The van der Waals surface area contributed by atoms with Crippen LogP contribution in [0.3, 0.4) is 0 Å². The number of piperazine rings is 1. The lowest BCUT2D eigenvalue weighted by molar-refractivity contribution is 0.0750. The average Bonchev–Trinajstić information content (AvgIpc) is 2.78. The first-order chi connectivity index (χ1) is 15.5. The van der Waals surface area contributed by atoms with E-state index in [0.29, 0.717) is 31.0 Å². The van der Waals surface area contributed by atoms with Crippen molar-refractivity contribution < 1.29 is 9.84 Å². The monoisotopic (exact) mass is 434 g/mol. The Labute approximate surface area is 188 Å². The maximum absolute atomic E-state index is 10.3. The number of aromatic nitrogens is 2. The van der Waals surface area contributed by atoms with Crippen molar-refractivity contribution in [2.24, 2.45) is 0 Å². The Morgan fingerprint density at radius 3 is 2.84 bits per heavy atom. The first-order valence-electron chi connectivity index (χ1n) is 11.1. The molecular formula is C24H30N6O2. The number of nitrogen functional groups attached to an aromatic ring is 1. The Morgan fingerprint density at radius 1 is 1.12 bits per heavy atom. The molecule has 3 aromatic rings. The number of ether oxygens (including phenoxy) is 1. The number of phenolic OH excluding ortho intramolecular Hbond substituents is 1. The number of phenols is 1. The van der Waals surface area contributed by atoms with Gasteiger partial charge in [-0.1, -0.05) is 24.3 Å². The van der Waals surface area contributed by atoms with E-state index in [2.05, 4.69) is 39.8 Å². The van der Waals surface area contributed by atoms with E-state index >= 15 is 0 Å². The zero-order chi connectivity index (χ0) is 22.2. The molecule has 32 heavy (non-hydrogen) atoms. The second-order valence-corrected chi connectivity index (χ2v) is 8.88. The number of hydrogen-bond donors (Lipinski definition) is 2. The Morgan fingerprint density at radius 2 is 1.97 bits per heavy atom. The van der Waals surface area contributed by atoms with Gasteiger partial charge in [0.15, 0.2) is 0 Å². The second-order valence-electron chi connectivity index (χ2n) is 8.88. The van der Waals surface area contributed by atoms with Crippen molar-refractivity contribution in [3.63, 3.8) is 0 Å². The van der Waals surface area contributed by atoms with Crippen molar-refractivity contribution in [3.05, 3.63) is 47.7 Å². The van der Waals surface area contributed by atoms with Crippen LogP contribution in [0.1, 0.15) is 11.3 Å². The van der Waals surface area contributed by atoms with E-state index in [1.54, 1.807) is 6.07 Å². The highest BCUT2D eigenvalue weighted by Crippen LogP contribution is 2.35. The minimum absolute atomic E-state index is 0.261. The van der Waals surface area contributed by atoms with Gasteiger partial charge in [0.05, 0.1) is 18.3 Å². The molecule has 0 aliphatic carbocycles. The van der Waals surface area contributed by atoms with Crippen molar-refractivity contribution in [1.29, 1.82) is 0 Å². The fourth-order valence-corrected chi connectivity index (χ4v) is 4.69. The van der Waals surface area contributed by atoms with Crippen LogP contribution in [0.2, 0.25) is 0 Å². The molecule has 0 radical (unpaired) electrons. The van der Waals surface area contributed by atoms with Crippen LogP contribution in [-0.4, -0.2) is 77.8 Å². The van der Waals surface area contributed by atoms with Crippen LogP contribution in [0, 0.1) is 0 Å². The van der Waals surface area contributed by atoms with Gasteiger partial charge in [0, 0.05) is 48.9 Å². The number of nitrogens with zero attached hydrogens (tertiary/aromatic N) is 5. The molecule has 2 aliphatic heterocycles. The van der Waals surface area contributed by atoms with Crippen LogP contribution in [0.15, 0.2) is 36.4 Å². The van der Waals surface area contributed by atoms with Gasteiger partial charge >= 0.3 is 6.01 Å². The predicted octanol–water partition coefficient (Wildman–Crippen LogP) is 2.10. The number of anilines is 2. The Hall–Kier alpha value is -3.10. The molecule has 1 fully saturated rings. The van der Waals surface area contributed by atoms with Gasteiger partial charge in [0.1, 0.15) is 18.2 Å². The van der Waals surface area contributed by atoms with Crippen molar-refractivity contribution in [2.75, 3.05) is 57.5 Å². The Bertz CT molecular complexity index is 1140. The molecule has 1 saturated heterocycles. The summed E-state index contributed by atoms with van der Waals surface area (Å²) < 4.78 is 6.01. The lowest BCUT2D eigenvalue weighted by Crippen LogP contribution is -2.52. The summed E-state index contributed by atoms with van der Waals surface area (Å²) in [5.41, 5.74) is 9.17. The van der Waals surface area contributed by atoms with Gasteiger partial charge < -0.3 is 25.4 Å². The molecule has 2 aliphatic rings. The van der Waals surface area contributed by atoms with E-state index in [1.807, 2.05) is 24.3 Å². The Balaban J connectivity index is 1.38. The van der Waals surface area contributed by atoms with Crippen LogP contribution in [0.25, 0.3) is 10.8 Å². The molecule has 168 valence electrons. The summed E-state index contributed by atoms with van der Waals surface area (Å²) >= 11 is 0. The molecule has 0 bridgehead atoms. The molecule has 1 unspecified atom stereocenters. The van der Waals surface area contributed by atoms with Crippen LogP contribution >= 0.6 is 0 Å². The normalized spacial score (nSPS) is 19.8. The van der Waals surface area contributed by atoms with E-state index in [0.717, 1.165) is 60.3 Å². The van der Waals surface area contributed by atoms with E-state index in [1.165, 1.54) is 0 Å². The Kier molecular flexibility index (Phi) is 5.48. The summed E-state index contributed by atoms with van der Waals surface area (Å²) in [6.07, 6.45) is 0.752. The number of likely N-dealkylation sites (N-methyl/N-ethyl adjacent to an activating group) is 2. The third-order valence-electron chi connectivity index (χ3n) is 6.63. The van der Waals surface area contributed by atoms with Crippen LogP contribution < -0.4 is 15.4 Å². The molecule has 0 amide bonds. The minimum atomic E-state index is 0.261. The molecule has 1 aromatic heterocycles. The standard InChI is InChI=1S/C24H30N6O2/c1-28-9-10-29(2)17(13-28)15-32-24-26-21-14-30(8-7-20(21)23(25)27-24)22-12-18(31)11-16-5-3-4-6-19(16)22/h3-6,11-12,17,31H,7-10,13-15H2,1-2H3,(H2,25,26,27). The highest BCUT2D eigenvalue weighted by molar-refractivity contribution is 5.95. The SMILES string of the molecule is CN1CCN(C)C(COc2nc(N)c3c(n2)CN(c2cc(O)cc4ccccc24)CC3)C1. The molecule has 3 heterocycles. The summed E-state index contributed by atoms with van der Waals surface area (Å²) in [6.45, 7) is 4.94. The summed E-state index contributed by atoms with van der Waals surface area (Å²) in [5.74, 6) is 0.761. The van der Waals surface area contributed by atoms with Gasteiger partial charge in [0.2, 0.25) is 0 Å². The van der Waals surface area contributed by atoms with Gasteiger partial charge in [-0.2, -0.15) is 9.97 Å². The number of fused-ring (bicyclic) bond motifs is 2. The summed E-state index contributed by atoms with van der Waals surface area (Å²) in [5, 5.41) is 12.4. The summed E-state index contributed by atoms with van der Waals surface area (Å²) in [6, 6.07) is 12.4. The first-order valence-corrected chi connectivity index (χ1v) is 11.1. The smallest absolute Gasteiger partial charge is 0.318 e. The van der Waals surface area contributed by atoms with Crippen LogP contribution in [-0.2, 0) is 13.0 Å². The number of benzene rings is 2. The molecule has 2 aromatic carbocycles. The van der Waals surface area contributed by atoms with Gasteiger partial charge in [-0.25, -0.2) is 0 Å². The van der Waals surface area contributed by atoms with Crippen LogP contribution in [0.4, 0.5) is 11.5 Å². The third kappa shape index (κ3) is 4.03. The van der Waals surface area contributed by atoms with Gasteiger partial charge in [-0.15, -0.1) is 0 Å². The molecule has 8 nitrogen and oxygen atoms in total. The predicted molar refractivity (Wildman–Crippen MR) is 126 cm³/mol. The van der Waals surface area contributed by atoms with Gasteiger partial charge in [0.25, 0.3) is 0 Å². The van der Waals surface area contributed by atoms with Gasteiger partial charge in [-0.05, 0) is 32.0 Å². The molecular weight excluding hydrogens is 404 g/mol. The number of rotatable bonds is 4. The third-order valence-corrected chi connectivity index (χ3v) is 6.63. The average molecular weight is 435 g/mol. The summed E-state index contributed by atoms with van der Waals surface area (Å²) in [4.78, 5) is 16.0. The van der Waals surface area contributed by atoms with Crippen LogP contribution in [0.5, 0.6) is 11.8 Å². The molecule has 5 rings (SSSR count). The lowest BCUT2D eigenvalue weighted by atomic mass is 10.0. The van der Waals surface area contributed by atoms with E-state index in [-0.39, 0.29) is 5.75 Å². The summed E-state index contributed by atoms with van der Waals surface area (Å²) in [7, 11) is 4.26. The fraction of sp³-hybridized carbons (Fsp3) is 0.417. The van der Waals surface area contributed by atoms with Crippen molar-refractivity contribution in [2.45, 2.75) is 19.0 Å². The fourth-order valence-electron chi connectivity index (χ4n) is 4.69. The number of hydrogen-bond acceptors (Lipinski definition) is 8. The molecule has 1 atom stereocenters. The molecule has 0 spiro atoms. The van der Waals surface area contributed by atoms with Crippen molar-refractivity contribution in [3.8, 4) is 11.8 Å². The largest absolute Gasteiger partial charge is 0.508 e. The second kappa shape index (κ2) is 8.44. The highest BCUT2D eigenvalue weighted by Gasteiger charge is 2.26. The maximum atomic E-state index is 10.3.